The highest BCUT2D eigenvalue weighted by molar-refractivity contribution is 5.79. The van der Waals surface area contributed by atoms with Crippen molar-refractivity contribution in [1.29, 1.82) is 0 Å². The van der Waals surface area contributed by atoms with E-state index in [4.69, 9.17) is 0 Å². The van der Waals surface area contributed by atoms with E-state index in [-0.39, 0.29) is 5.92 Å². The number of likely N-dealkylation sites (tertiary alicyclic amines) is 3. The minimum Gasteiger partial charge on any atom is -0.342 e. The number of hydrogen-bond donors (Lipinski definition) is 0. The van der Waals surface area contributed by atoms with E-state index in [0.29, 0.717) is 5.91 Å². The molecule has 26 heavy (non-hydrogen) atoms. The van der Waals surface area contributed by atoms with E-state index < -0.39 is 0 Å². The molecule has 4 heteroatoms. The van der Waals surface area contributed by atoms with Crippen LogP contribution in [0.2, 0.25) is 0 Å². The summed E-state index contributed by atoms with van der Waals surface area (Å²) in [5.41, 5.74) is 0. The topological polar surface area (TPSA) is 26.8 Å². The van der Waals surface area contributed by atoms with Gasteiger partial charge in [0.1, 0.15) is 0 Å². The molecule has 3 rings (SSSR count). The molecule has 0 saturated carbocycles. The van der Waals surface area contributed by atoms with Gasteiger partial charge < -0.3 is 14.7 Å². The maximum atomic E-state index is 12.9. The molecule has 0 aromatic heterocycles. The molecule has 0 bridgehead atoms. The Hall–Kier alpha value is -0.610. The van der Waals surface area contributed by atoms with Crippen molar-refractivity contribution in [3.05, 3.63) is 0 Å². The highest BCUT2D eigenvalue weighted by Crippen LogP contribution is 2.27. The highest BCUT2D eigenvalue weighted by atomic mass is 16.2. The second-order valence-corrected chi connectivity index (χ2v) is 9.55. The molecule has 0 aliphatic carbocycles. The summed E-state index contributed by atoms with van der Waals surface area (Å²) in [7, 11) is 0. The van der Waals surface area contributed by atoms with Crippen LogP contribution in [0.1, 0.15) is 59.3 Å². The molecule has 3 heterocycles. The van der Waals surface area contributed by atoms with Crippen LogP contribution < -0.4 is 0 Å². The van der Waals surface area contributed by atoms with Crippen LogP contribution in [0.25, 0.3) is 0 Å². The molecule has 150 valence electrons. The molecule has 3 saturated heterocycles. The van der Waals surface area contributed by atoms with Gasteiger partial charge in [0.25, 0.3) is 0 Å². The van der Waals surface area contributed by atoms with E-state index in [2.05, 4.69) is 35.5 Å². The Morgan fingerprint density at radius 3 is 1.81 bits per heavy atom. The van der Waals surface area contributed by atoms with Gasteiger partial charge in [-0.25, -0.2) is 0 Å². The minimum atomic E-state index is 0.290. The molecule has 0 atom stereocenters. The van der Waals surface area contributed by atoms with Crippen molar-refractivity contribution in [2.75, 3.05) is 52.4 Å². The van der Waals surface area contributed by atoms with Crippen molar-refractivity contribution >= 4 is 5.91 Å². The van der Waals surface area contributed by atoms with Gasteiger partial charge in [0.2, 0.25) is 5.91 Å². The molecule has 0 aromatic carbocycles. The molecule has 4 nitrogen and oxygen atoms in total. The van der Waals surface area contributed by atoms with Gasteiger partial charge >= 0.3 is 0 Å². The molecule has 3 aliphatic heterocycles. The van der Waals surface area contributed by atoms with Crippen molar-refractivity contribution in [3.63, 3.8) is 0 Å². The first-order valence-corrected chi connectivity index (χ1v) is 11.3. The number of piperidine rings is 3. The molecule has 0 spiro atoms. The number of carbonyl (C=O) groups excluding carboxylic acids is 1. The number of hydrogen-bond acceptors (Lipinski definition) is 3. The Morgan fingerprint density at radius 1 is 0.808 bits per heavy atom. The average Bonchev–Trinajstić information content (AvgIpc) is 2.67. The molecule has 0 aromatic rings. The van der Waals surface area contributed by atoms with E-state index in [1.807, 2.05) is 0 Å². The van der Waals surface area contributed by atoms with Crippen molar-refractivity contribution in [3.8, 4) is 0 Å². The van der Waals surface area contributed by atoms with Crippen molar-refractivity contribution in [1.82, 2.24) is 14.7 Å². The van der Waals surface area contributed by atoms with Crippen LogP contribution in [0.5, 0.6) is 0 Å². The monoisotopic (exact) mass is 363 g/mol. The summed E-state index contributed by atoms with van der Waals surface area (Å²) in [6.07, 6.45) is 7.28. The lowest BCUT2D eigenvalue weighted by Crippen LogP contribution is -2.47. The zero-order chi connectivity index (χ0) is 18.5. The normalized spacial score (nSPS) is 25.9. The largest absolute Gasteiger partial charge is 0.342 e. The van der Waals surface area contributed by atoms with E-state index in [1.54, 1.807) is 0 Å². The summed E-state index contributed by atoms with van der Waals surface area (Å²) < 4.78 is 0. The average molecular weight is 364 g/mol. The lowest BCUT2D eigenvalue weighted by Gasteiger charge is -2.39. The molecular formula is C22H41N3O. The number of nitrogens with zero attached hydrogens (tertiary/aromatic N) is 3. The lowest BCUT2D eigenvalue weighted by atomic mass is 9.86. The highest BCUT2D eigenvalue weighted by Gasteiger charge is 2.31. The first-order valence-electron chi connectivity index (χ1n) is 11.3. The van der Waals surface area contributed by atoms with Gasteiger partial charge in [0.05, 0.1) is 0 Å². The number of carbonyl (C=O) groups is 1. The second kappa shape index (κ2) is 9.54. The zero-order valence-corrected chi connectivity index (χ0v) is 17.5. The first-order chi connectivity index (χ1) is 12.5. The Bertz CT molecular complexity index is 429. The summed E-state index contributed by atoms with van der Waals surface area (Å²) in [4.78, 5) is 20.3. The van der Waals surface area contributed by atoms with Gasteiger partial charge in [-0.3, -0.25) is 4.79 Å². The van der Waals surface area contributed by atoms with Crippen molar-refractivity contribution in [2.24, 2.45) is 23.7 Å². The third kappa shape index (κ3) is 5.45. The van der Waals surface area contributed by atoms with Gasteiger partial charge in [0.15, 0.2) is 0 Å². The van der Waals surface area contributed by atoms with Crippen LogP contribution in [0.15, 0.2) is 0 Å². The third-order valence-electron chi connectivity index (χ3n) is 7.34. The first kappa shape index (κ1) is 20.1. The SMILES string of the molecule is CC1CCN(CCN2CCC(C(=O)N3CCC(C(C)C)CC3)CC2)CC1. The lowest BCUT2D eigenvalue weighted by molar-refractivity contribution is -0.138. The molecule has 3 aliphatic rings. The Kier molecular flexibility index (Phi) is 7.39. The Labute approximate surface area is 161 Å². The van der Waals surface area contributed by atoms with E-state index in [9.17, 15) is 4.79 Å². The third-order valence-corrected chi connectivity index (χ3v) is 7.34. The summed E-state index contributed by atoms with van der Waals surface area (Å²) in [5.74, 6) is 3.24. The molecule has 0 radical (unpaired) electrons. The van der Waals surface area contributed by atoms with Crippen LogP contribution in [0.3, 0.4) is 0 Å². The van der Waals surface area contributed by atoms with Crippen LogP contribution >= 0.6 is 0 Å². The smallest absolute Gasteiger partial charge is 0.225 e. The molecular weight excluding hydrogens is 322 g/mol. The minimum absolute atomic E-state index is 0.290. The zero-order valence-electron chi connectivity index (χ0n) is 17.5. The van der Waals surface area contributed by atoms with Crippen molar-refractivity contribution in [2.45, 2.75) is 59.3 Å². The number of amides is 1. The van der Waals surface area contributed by atoms with Gasteiger partial charge in [-0.2, -0.15) is 0 Å². The van der Waals surface area contributed by atoms with Crippen LogP contribution in [-0.2, 0) is 4.79 Å². The van der Waals surface area contributed by atoms with Crippen LogP contribution in [-0.4, -0.2) is 73.0 Å². The fraction of sp³-hybridized carbons (Fsp3) is 0.955. The fourth-order valence-corrected chi connectivity index (χ4v) is 5.02. The summed E-state index contributed by atoms with van der Waals surface area (Å²) >= 11 is 0. The summed E-state index contributed by atoms with van der Waals surface area (Å²) in [5, 5.41) is 0. The quantitative estimate of drug-likeness (QED) is 0.750. The van der Waals surface area contributed by atoms with Gasteiger partial charge in [-0.1, -0.05) is 20.8 Å². The Balaban J connectivity index is 1.34. The number of rotatable bonds is 5. The maximum Gasteiger partial charge on any atom is 0.225 e. The van der Waals surface area contributed by atoms with E-state index in [1.165, 1.54) is 51.9 Å². The van der Waals surface area contributed by atoms with E-state index >= 15 is 0 Å². The summed E-state index contributed by atoms with van der Waals surface area (Å²) in [6, 6.07) is 0. The van der Waals surface area contributed by atoms with Crippen LogP contribution in [0.4, 0.5) is 0 Å². The van der Waals surface area contributed by atoms with Gasteiger partial charge in [0, 0.05) is 32.1 Å². The van der Waals surface area contributed by atoms with Gasteiger partial charge in [-0.15, -0.1) is 0 Å². The standard InChI is InChI=1S/C22H41N3O/c1-18(2)20-8-14-25(15-9-20)22(26)21-6-12-24(13-7-21)17-16-23-10-4-19(3)5-11-23/h18-21H,4-17H2,1-3H3. The molecule has 0 N–H and O–H groups in total. The maximum absolute atomic E-state index is 12.9. The molecule has 1 amide bonds. The molecule has 0 unspecified atom stereocenters. The van der Waals surface area contributed by atoms with E-state index in [0.717, 1.165) is 56.8 Å². The predicted molar refractivity (Wildman–Crippen MR) is 108 cm³/mol. The van der Waals surface area contributed by atoms with Crippen molar-refractivity contribution < 1.29 is 4.79 Å². The van der Waals surface area contributed by atoms with Crippen LogP contribution in [0, 0.1) is 23.7 Å². The summed E-state index contributed by atoms with van der Waals surface area (Å²) in [6.45, 7) is 16.2. The Morgan fingerprint density at radius 2 is 1.31 bits per heavy atom. The predicted octanol–water partition coefficient (Wildman–Crippen LogP) is 3.32. The fourth-order valence-electron chi connectivity index (χ4n) is 5.02. The molecule has 3 fully saturated rings. The van der Waals surface area contributed by atoms with Gasteiger partial charge in [-0.05, 0) is 82.5 Å². The second-order valence-electron chi connectivity index (χ2n) is 9.55.